The molecule has 1 amide bonds. The molecule has 1 aromatic carbocycles. The molecular formula is C18H26ClN3O2. The highest BCUT2D eigenvalue weighted by atomic mass is 35.5. The van der Waals surface area contributed by atoms with Gasteiger partial charge in [-0.1, -0.05) is 17.7 Å². The summed E-state index contributed by atoms with van der Waals surface area (Å²) in [7, 11) is 1.74. The van der Waals surface area contributed by atoms with Crippen molar-refractivity contribution in [2.45, 2.75) is 6.42 Å². The van der Waals surface area contributed by atoms with Gasteiger partial charge in [0.25, 0.3) is 0 Å². The van der Waals surface area contributed by atoms with Crippen LogP contribution in [0.2, 0.25) is 5.02 Å². The molecule has 1 aromatic rings. The van der Waals surface area contributed by atoms with Gasteiger partial charge in [0.05, 0.1) is 12.5 Å². The Morgan fingerprint density at radius 3 is 2.62 bits per heavy atom. The summed E-state index contributed by atoms with van der Waals surface area (Å²) in [5.41, 5.74) is 0.916. The molecule has 2 aliphatic heterocycles. The van der Waals surface area contributed by atoms with Crippen molar-refractivity contribution >= 4 is 23.2 Å². The Kier molecular flexibility index (Phi) is 6.11. The molecule has 0 saturated carbocycles. The zero-order chi connectivity index (χ0) is 16.9. The molecule has 2 heterocycles. The van der Waals surface area contributed by atoms with Crippen LogP contribution in [0, 0.1) is 5.92 Å². The number of ether oxygens (including phenoxy) is 1. The third kappa shape index (κ3) is 4.28. The highest BCUT2D eigenvalue weighted by Crippen LogP contribution is 2.27. The van der Waals surface area contributed by atoms with Gasteiger partial charge in [0.2, 0.25) is 5.91 Å². The molecule has 2 aliphatic rings. The number of hydrogen-bond acceptors (Lipinski definition) is 4. The molecule has 0 radical (unpaired) electrons. The van der Waals surface area contributed by atoms with Crippen LogP contribution in [0.15, 0.2) is 24.3 Å². The van der Waals surface area contributed by atoms with Gasteiger partial charge in [-0.15, -0.1) is 0 Å². The van der Waals surface area contributed by atoms with Crippen LogP contribution in [-0.4, -0.2) is 75.2 Å². The van der Waals surface area contributed by atoms with Crippen LogP contribution in [0.25, 0.3) is 0 Å². The maximum atomic E-state index is 12.7. The zero-order valence-electron chi connectivity index (χ0n) is 14.3. The molecule has 1 unspecified atom stereocenters. The summed E-state index contributed by atoms with van der Waals surface area (Å²) in [6, 6.07) is 7.57. The van der Waals surface area contributed by atoms with Gasteiger partial charge >= 0.3 is 0 Å². The number of hydrogen-bond donors (Lipinski definition) is 0. The number of piperazine rings is 1. The minimum absolute atomic E-state index is 0.106. The molecule has 0 bridgehead atoms. The summed E-state index contributed by atoms with van der Waals surface area (Å²) < 4.78 is 5.14. The van der Waals surface area contributed by atoms with Crippen molar-refractivity contribution in [2.24, 2.45) is 5.92 Å². The van der Waals surface area contributed by atoms with E-state index < -0.39 is 0 Å². The van der Waals surface area contributed by atoms with Crippen molar-refractivity contribution in [1.29, 1.82) is 0 Å². The molecule has 24 heavy (non-hydrogen) atoms. The van der Waals surface area contributed by atoms with E-state index in [1.54, 1.807) is 7.11 Å². The van der Waals surface area contributed by atoms with Crippen molar-refractivity contribution in [2.75, 3.05) is 64.4 Å². The number of benzene rings is 1. The Morgan fingerprint density at radius 2 is 1.92 bits per heavy atom. The third-order valence-corrected chi connectivity index (χ3v) is 5.23. The first kappa shape index (κ1) is 17.7. The fourth-order valence-corrected chi connectivity index (χ4v) is 3.72. The number of nitrogens with zero attached hydrogens (tertiary/aromatic N) is 3. The maximum absolute atomic E-state index is 12.7. The lowest BCUT2D eigenvalue weighted by Crippen LogP contribution is -2.49. The van der Waals surface area contributed by atoms with Gasteiger partial charge in [-0.25, -0.2) is 0 Å². The maximum Gasteiger partial charge on any atom is 0.231 e. The van der Waals surface area contributed by atoms with Crippen LogP contribution in [0.5, 0.6) is 0 Å². The van der Waals surface area contributed by atoms with Gasteiger partial charge < -0.3 is 14.5 Å². The van der Waals surface area contributed by atoms with Gasteiger partial charge in [0, 0.05) is 63.6 Å². The Bertz CT molecular complexity index is 561. The molecule has 0 spiro atoms. The van der Waals surface area contributed by atoms with Crippen molar-refractivity contribution in [3.8, 4) is 0 Å². The lowest BCUT2D eigenvalue weighted by molar-refractivity contribution is -0.121. The summed E-state index contributed by atoms with van der Waals surface area (Å²) in [5.74, 6) is 0.341. The number of methoxy groups -OCH3 is 1. The largest absolute Gasteiger partial charge is 0.383 e. The normalized spacial score (nSPS) is 23.2. The average molecular weight is 352 g/mol. The summed E-state index contributed by atoms with van der Waals surface area (Å²) >= 11 is 6.05. The van der Waals surface area contributed by atoms with E-state index in [4.69, 9.17) is 16.3 Å². The predicted octanol–water partition coefficient (Wildman–Crippen LogP) is 1.96. The minimum Gasteiger partial charge on any atom is -0.383 e. The lowest BCUT2D eigenvalue weighted by atomic mass is 10.1. The quantitative estimate of drug-likeness (QED) is 0.785. The monoisotopic (exact) mass is 351 g/mol. The highest BCUT2D eigenvalue weighted by Gasteiger charge is 2.34. The summed E-state index contributed by atoms with van der Waals surface area (Å²) in [6.07, 6.45) is 0.926. The van der Waals surface area contributed by atoms with E-state index in [1.165, 1.54) is 0 Å². The number of rotatable bonds is 6. The molecule has 6 heteroatoms. The van der Waals surface area contributed by atoms with Gasteiger partial charge in [-0.2, -0.15) is 0 Å². The number of amides is 1. The standard InChI is InChI=1S/C18H26ClN3O2/c1-24-12-11-20-7-9-21(10-8-20)14-15-5-6-22(18(15)23)17-4-2-3-16(19)13-17/h2-4,13,15H,5-12,14H2,1H3. The number of carbonyl (C=O) groups excluding carboxylic acids is 1. The molecule has 1 atom stereocenters. The van der Waals surface area contributed by atoms with Crippen LogP contribution in [0.4, 0.5) is 5.69 Å². The van der Waals surface area contributed by atoms with Gasteiger partial charge in [-0.3, -0.25) is 9.69 Å². The summed E-state index contributed by atoms with van der Waals surface area (Å²) in [6.45, 7) is 7.62. The Hall–Kier alpha value is -1.14. The first-order chi connectivity index (χ1) is 11.7. The molecular weight excluding hydrogens is 326 g/mol. The fraction of sp³-hybridized carbons (Fsp3) is 0.611. The van der Waals surface area contributed by atoms with E-state index in [0.29, 0.717) is 5.02 Å². The van der Waals surface area contributed by atoms with E-state index in [0.717, 1.165) is 64.5 Å². The molecule has 5 nitrogen and oxygen atoms in total. The summed E-state index contributed by atoms with van der Waals surface area (Å²) in [5, 5.41) is 0.677. The first-order valence-corrected chi connectivity index (χ1v) is 9.06. The molecule has 2 saturated heterocycles. The molecule has 3 rings (SSSR count). The van der Waals surface area contributed by atoms with E-state index in [-0.39, 0.29) is 11.8 Å². The first-order valence-electron chi connectivity index (χ1n) is 8.68. The number of anilines is 1. The molecule has 0 aliphatic carbocycles. The predicted molar refractivity (Wildman–Crippen MR) is 96.7 cm³/mol. The molecule has 0 aromatic heterocycles. The molecule has 0 N–H and O–H groups in total. The number of halogens is 1. The Labute approximate surface area is 149 Å². The average Bonchev–Trinajstić information content (AvgIpc) is 2.95. The second-order valence-corrected chi connectivity index (χ2v) is 7.03. The smallest absolute Gasteiger partial charge is 0.231 e. The van der Waals surface area contributed by atoms with Crippen LogP contribution in [-0.2, 0) is 9.53 Å². The number of carbonyl (C=O) groups is 1. The van der Waals surface area contributed by atoms with Crippen LogP contribution < -0.4 is 4.90 Å². The lowest BCUT2D eigenvalue weighted by Gasteiger charge is -2.35. The minimum atomic E-state index is 0.106. The van der Waals surface area contributed by atoms with E-state index in [9.17, 15) is 4.79 Å². The van der Waals surface area contributed by atoms with Gasteiger partial charge in [0.1, 0.15) is 0 Å². The Morgan fingerprint density at radius 1 is 1.17 bits per heavy atom. The second kappa shape index (κ2) is 8.30. The van der Waals surface area contributed by atoms with Crippen LogP contribution in [0.3, 0.4) is 0 Å². The van der Waals surface area contributed by atoms with E-state index in [2.05, 4.69) is 9.80 Å². The van der Waals surface area contributed by atoms with Crippen molar-refractivity contribution in [3.05, 3.63) is 29.3 Å². The van der Waals surface area contributed by atoms with E-state index in [1.807, 2.05) is 29.2 Å². The van der Waals surface area contributed by atoms with Crippen molar-refractivity contribution < 1.29 is 9.53 Å². The van der Waals surface area contributed by atoms with Gasteiger partial charge in [-0.05, 0) is 24.6 Å². The molecule has 2 fully saturated rings. The van der Waals surface area contributed by atoms with Crippen LogP contribution in [0.1, 0.15) is 6.42 Å². The fourth-order valence-electron chi connectivity index (χ4n) is 3.54. The molecule has 132 valence electrons. The SMILES string of the molecule is COCCN1CCN(CC2CCN(c3cccc(Cl)c3)C2=O)CC1. The highest BCUT2D eigenvalue weighted by molar-refractivity contribution is 6.30. The van der Waals surface area contributed by atoms with Crippen molar-refractivity contribution in [3.63, 3.8) is 0 Å². The zero-order valence-corrected chi connectivity index (χ0v) is 15.0. The summed E-state index contributed by atoms with van der Waals surface area (Å²) in [4.78, 5) is 19.5. The van der Waals surface area contributed by atoms with Crippen LogP contribution >= 0.6 is 11.6 Å². The Balaban J connectivity index is 1.50. The topological polar surface area (TPSA) is 36.0 Å². The van der Waals surface area contributed by atoms with Crippen molar-refractivity contribution in [1.82, 2.24) is 9.80 Å². The third-order valence-electron chi connectivity index (χ3n) is 4.99. The van der Waals surface area contributed by atoms with Gasteiger partial charge in [0.15, 0.2) is 0 Å². The van der Waals surface area contributed by atoms with E-state index >= 15 is 0 Å². The second-order valence-electron chi connectivity index (χ2n) is 6.59.